The van der Waals surface area contributed by atoms with E-state index in [0.717, 1.165) is 93.5 Å². The Balaban J connectivity index is 0.999. The molecule has 0 saturated carbocycles. The highest BCUT2D eigenvalue weighted by Gasteiger charge is 2.23. The van der Waals surface area contributed by atoms with E-state index < -0.39 is 0 Å². The molecule has 0 aliphatic heterocycles. The van der Waals surface area contributed by atoms with Crippen LogP contribution in [-0.2, 0) is 0 Å². The van der Waals surface area contributed by atoms with E-state index >= 15 is 0 Å². The third-order valence-electron chi connectivity index (χ3n) is 12.7. The van der Waals surface area contributed by atoms with Crippen LogP contribution >= 0.6 is 22.7 Å². The first-order valence-electron chi connectivity index (χ1n) is 21.6. The lowest BCUT2D eigenvalue weighted by Crippen LogP contribution is -2.00. The van der Waals surface area contributed by atoms with E-state index in [4.69, 9.17) is 24.4 Å². The number of rotatable bonds is 5. The minimum absolute atomic E-state index is 0.610. The van der Waals surface area contributed by atoms with Crippen molar-refractivity contribution in [3.8, 4) is 56.5 Å². The fraction of sp³-hybridized carbons (Fsp3) is 0. The third-order valence-corrected chi connectivity index (χ3v) is 15.0. The number of aromatic nitrogens is 4. The number of hydrogen-bond acceptors (Lipinski definition) is 7. The highest BCUT2D eigenvalue weighted by Crippen LogP contribution is 2.47. The Morgan fingerprint density at radius 1 is 0.323 bits per heavy atom. The third kappa shape index (κ3) is 5.63. The van der Waals surface area contributed by atoms with E-state index in [9.17, 15) is 0 Å². The molecule has 5 heterocycles. The van der Waals surface area contributed by atoms with E-state index in [0.29, 0.717) is 17.5 Å². The van der Waals surface area contributed by atoms with Gasteiger partial charge in [0.1, 0.15) is 11.2 Å². The predicted molar refractivity (Wildman–Crippen MR) is 273 cm³/mol. The summed E-state index contributed by atoms with van der Waals surface area (Å²) in [6, 6.07) is 68.2. The van der Waals surface area contributed by atoms with Crippen LogP contribution in [0.5, 0.6) is 0 Å². The van der Waals surface area contributed by atoms with Crippen LogP contribution in [-0.4, -0.2) is 19.9 Å². The summed E-state index contributed by atoms with van der Waals surface area (Å²) in [5.74, 6) is 1.90. The number of nitrogens with zero attached hydrogens (tertiary/aromatic N) is 4. The van der Waals surface area contributed by atoms with Crippen LogP contribution in [0.3, 0.4) is 0 Å². The Kier molecular flexibility index (Phi) is 7.95. The number of fused-ring (bicyclic) bond motifs is 13. The SMILES string of the molecule is c1ccc(-c2nc3ccccc3c3c2cc(-c2ccc(-c4nc(-c5cccc6sc7ccccc7c56)nc(-c5cccc6sc7ccccc7c56)n4)cc2)c2oc4ccccc4c23)cc1. The molecule has 0 aliphatic carbocycles. The second kappa shape index (κ2) is 14.2. The van der Waals surface area contributed by atoms with Gasteiger partial charge >= 0.3 is 0 Å². The maximum Gasteiger partial charge on any atom is 0.164 e. The molecule has 302 valence electrons. The summed E-state index contributed by atoms with van der Waals surface area (Å²) in [7, 11) is 0. The van der Waals surface area contributed by atoms with Gasteiger partial charge in [-0.05, 0) is 48.0 Å². The molecule has 0 atom stereocenters. The molecule has 65 heavy (non-hydrogen) atoms. The maximum absolute atomic E-state index is 6.85. The highest BCUT2D eigenvalue weighted by molar-refractivity contribution is 7.26. The first-order chi connectivity index (χ1) is 32.2. The minimum atomic E-state index is 0.610. The van der Waals surface area contributed by atoms with Gasteiger partial charge in [0.2, 0.25) is 0 Å². The number of furan rings is 1. The molecular formula is C58H32N4OS2. The van der Waals surface area contributed by atoms with E-state index in [1.54, 1.807) is 22.7 Å². The van der Waals surface area contributed by atoms with Crippen molar-refractivity contribution in [1.29, 1.82) is 0 Å². The van der Waals surface area contributed by atoms with Gasteiger partial charge in [0.05, 0.1) is 11.2 Å². The molecule has 14 rings (SSSR count). The first-order valence-corrected chi connectivity index (χ1v) is 23.3. The lowest BCUT2D eigenvalue weighted by molar-refractivity contribution is 0.670. The molecule has 0 bridgehead atoms. The van der Waals surface area contributed by atoms with E-state index in [1.807, 2.05) is 6.07 Å². The second-order valence-corrected chi connectivity index (χ2v) is 18.6. The molecule has 0 unspecified atom stereocenters. The molecule has 0 N–H and O–H groups in total. The van der Waals surface area contributed by atoms with Gasteiger partial charge in [-0.2, -0.15) is 0 Å². The minimum Gasteiger partial charge on any atom is -0.455 e. The summed E-state index contributed by atoms with van der Waals surface area (Å²) in [6.07, 6.45) is 0. The number of hydrogen-bond donors (Lipinski definition) is 0. The van der Waals surface area contributed by atoms with Gasteiger partial charge in [0, 0.05) is 95.1 Å². The van der Waals surface area contributed by atoms with E-state index in [-0.39, 0.29) is 0 Å². The van der Waals surface area contributed by atoms with Crippen molar-refractivity contribution < 1.29 is 4.42 Å². The molecule has 0 spiro atoms. The van der Waals surface area contributed by atoms with Crippen molar-refractivity contribution in [2.24, 2.45) is 0 Å². The summed E-state index contributed by atoms with van der Waals surface area (Å²) in [4.78, 5) is 21.3. The average molecular weight is 865 g/mol. The monoisotopic (exact) mass is 864 g/mol. The molecule has 14 aromatic rings. The van der Waals surface area contributed by atoms with Crippen molar-refractivity contribution in [3.05, 3.63) is 194 Å². The molecule has 0 fully saturated rings. The van der Waals surface area contributed by atoms with Crippen molar-refractivity contribution >= 4 is 107 Å². The number of benzene rings is 9. The van der Waals surface area contributed by atoms with Gasteiger partial charge in [-0.25, -0.2) is 19.9 Å². The highest BCUT2D eigenvalue weighted by atomic mass is 32.1. The van der Waals surface area contributed by atoms with Crippen molar-refractivity contribution in [2.45, 2.75) is 0 Å². The van der Waals surface area contributed by atoms with Crippen LogP contribution in [0, 0.1) is 0 Å². The molecule has 9 aromatic carbocycles. The maximum atomic E-state index is 6.85. The number of pyridine rings is 1. The normalized spacial score (nSPS) is 12.0. The van der Waals surface area contributed by atoms with Crippen LogP contribution in [0.25, 0.3) is 141 Å². The van der Waals surface area contributed by atoms with Gasteiger partial charge in [0.15, 0.2) is 17.5 Å². The predicted octanol–water partition coefficient (Wildman–Crippen LogP) is 16.5. The van der Waals surface area contributed by atoms with Crippen LogP contribution in [0.15, 0.2) is 199 Å². The Hall–Kier alpha value is -8.10. The quantitative estimate of drug-likeness (QED) is 0.161. The topological polar surface area (TPSA) is 64.7 Å². The van der Waals surface area contributed by atoms with Crippen LogP contribution in [0.4, 0.5) is 0 Å². The van der Waals surface area contributed by atoms with Crippen LogP contribution in [0.1, 0.15) is 0 Å². The molecule has 0 radical (unpaired) electrons. The van der Waals surface area contributed by atoms with Gasteiger partial charge in [0.25, 0.3) is 0 Å². The van der Waals surface area contributed by atoms with Crippen LogP contribution in [0.2, 0.25) is 0 Å². The summed E-state index contributed by atoms with van der Waals surface area (Å²) < 4.78 is 11.7. The summed E-state index contributed by atoms with van der Waals surface area (Å²) in [6.45, 7) is 0. The Labute approximate surface area is 379 Å². The lowest BCUT2D eigenvalue weighted by atomic mass is 9.91. The smallest absolute Gasteiger partial charge is 0.164 e. The largest absolute Gasteiger partial charge is 0.455 e. The zero-order valence-corrected chi connectivity index (χ0v) is 36.1. The zero-order valence-electron chi connectivity index (χ0n) is 34.5. The van der Waals surface area contributed by atoms with Gasteiger partial charge in [-0.1, -0.05) is 152 Å². The molecule has 0 aliphatic rings. The molecule has 7 heteroatoms. The second-order valence-electron chi connectivity index (χ2n) is 16.4. The summed E-state index contributed by atoms with van der Waals surface area (Å²) in [5, 5.41) is 10.2. The standard InChI is InChI=1S/C58H32N4OS2/c1-2-14-34(15-3-1)54-43-32-42(55-53(37-17-5-9-23-45(37)63-55)52(43)36-16-4-8-22-44(36)59-54)33-28-30-35(31-29-33)56-60-57(40-20-12-26-48-50(40)38-18-6-10-24-46(38)64-48)62-58(61-56)41-21-13-27-49-51(41)39-19-7-11-25-47(39)65-49/h1-32H. The first kappa shape index (κ1) is 36.4. The molecule has 0 amide bonds. The van der Waals surface area contributed by atoms with Crippen LogP contribution < -0.4 is 0 Å². The molecule has 5 aromatic heterocycles. The number of thiophene rings is 2. The lowest BCUT2D eigenvalue weighted by Gasteiger charge is -2.14. The average Bonchev–Trinajstić information content (AvgIpc) is 4.08. The Morgan fingerprint density at radius 2 is 0.862 bits per heavy atom. The molecule has 5 nitrogen and oxygen atoms in total. The summed E-state index contributed by atoms with van der Waals surface area (Å²) >= 11 is 3.59. The molecular weight excluding hydrogens is 833 g/mol. The fourth-order valence-corrected chi connectivity index (χ4v) is 12.1. The van der Waals surface area contributed by atoms with E-state index in [1.165, 1.54) is 29.6 Å². The van der Waals surface area contributed by atoms with Gasteiger partial charge in [-0.3, -0.25) is 0 Å². The van der Waals surface area contributed by atoms with Crippen molar-refractivity contribution in [2.75, 3.05) is 0 Å². The summed E-state index contributed by atoms with van der Waals surface area (Å²) in [5.41, 5.74) is 9.53. The zero-order chi connectivity index (χ0) is 42.6. The van der Waals surface area contributed by atoms with E-state index in [2.05, 4.69) is 188 Å². The van der Waals surface area contributed by atoms with Gasteiger partial charge < -0.3 is 4.42 Å². The Bertz CT molecular complexity index is 4110. The fourth-order valence-electron chi connectivity index (χ4n) is 9.83. The van der Waals surface area contributed by atoms with Crippen molar-refractivity contribution in [1.82, 2.24) is 19.9 Å². The van der Waals surface area contributed by atoms with Gasteiger partial charge in [-0.15, -0.1) is 22.7 Å². The van der Waals surface area contributed by atoms with Crippen molar-refractivity contribution in [3.63, 3.8) is 0 Å². The number of para-hydroxylation sites is 2. The Morgan fingerprint density at radius 3 is 1.54 bits per heavy atom. The molecule has 0 saturated heterocycles.